The second-order valence-corrected chi connectivity index (χ2v) is 5.67. The van der Waals surface area contributed by atoms with E-state index < -0.39 is 5.82 Å². The van der Waals surface area contributed by atoms with Gasteiger partial charge in [-0.2, -0.15) is 0 Å². The third-order valence-electron chi connectivity index (χ3n) is 3.79. The molecule has 5 nitrogen and oxygen atoms in total. The molecule has 2 aromatic carbocycles. The van der Waals surface area contributed by atoms with Crippen molar-refractivity contribution in [3.8, 4) is 11.5 Å². The molecule has 0 saturated heterocycles. The van der Waals surface area contributed by atoms with Gasteiger partial charge in [0.05, 0.1) is 19.9 Å². The lowest BCUT2D eigenvalue weighted by Gasteiger charge is -2.19. The highest BCUT2D eigenvalue weighted by molar-refractivity contribution is 5.90. The molecule has 0 atom stereocenters. The highest BCUT2D eigenvalue weighted by Gasteiger charge is 2.13. The number of halogens is 1. The van der Waals surface area contributed by atoms with Crippen molar-refractivity contribution >= 4 is 11.6 Å². The number of carbonyl (C=O) groups is 1. The third-order valence-corrected chi connectivity index (χ3v) is 3.79. The van der Waals surface area contributed by atoms with Crippen molar-refractivity contribution in [1.29, 1.82) is 0 Å². The molecule has 1 N–H and O–H groups in total. The number of nitrogens with one attached hydrogen (secondary N) is 1. The lowest BCUT2D eigenvalue weighted by atomic mass is 10.1. The number of para-hydroxylation sites is 2. The van der Waals surface area contributed by atoms with Crippen molar-refractivity contribution in [3.05, 3.63) is 53.8 Å². The quantitative estimate of drug-likeness (QED) is 0.797. The molecule has 0 unspecified atom stereocenters. The fourth-order valence-corrected chi connectivity index (χ4v) is 2.52. The summed E-state index contributed by atoms with van der Waals surface area (Å²) in [5.74, 6) is 0.693. The Labute approximate surface area is 147 Å². The zero-order valence-electron chi connectivity index (χ0n) is 14.7. The largest absolute Gasteiger partial charge is 0.493 e. The minimum Gasteiger partial charge on any atom is -0.493 e. The zero-order valence-corrected chi connectivity index (χ0v) is 14.7. The predicted molar refractivity (Wildman–Crippen MR) is 95.5 cm³/mol. The monoisotopic (exact) mass is 346 g/mol. The van der Waals surface area contributed by atoms with Crippen LogP contribution in [0.5, 0.6) is 11.5 Å². The molecular weight excluding hydrogens is 323 g/mol. The molecule has 2 aromatic rings. The van der Waals surface area contributed by atoms with Gasteiger partial charge in [-0.1, -0.05) is 24.3 Å². The van der Waals surface area contributed by atoms with Crippen LogP contribution < -0.4 is 14.8 Å². The second kappa shape index (κ2) is 9.03. The van der Waals surface area contributed by atoms with Gasteiger partial charge in [-0.05, 0) is 25.2 Å². The van der Waals surface area contributed by atoms with Gasteiger partial charge in [0.2, 0.25) is 5.91 Å². The van der Waals surface area contributed by atoms with E-state index in [9.17, 15) is 9.18 Å². The van der Waals surface area contributed by atoms with E-state index in [1.54, 1.807) is 26.4 Å². The Balaban J connectivity index is 1.90. The summed E-state index contributed by atoms with van der Waals surface area (Å²) >= 11 is 0. The summed E-state index contributed by atoms with van der Waals surface area (Å²) in [5, 5.41) is 2.58. The highest BCUT2D eigenvalue weighted by Crippen LogP contribution is 2.31. The molecular formula is C19H23FN2O3. The van der Waals surface area contributed by atoms with E-state index in [1.165, 1.54) is 12.1 Å². The van der Waals surface area contributed by atoms with Crippen molar-refractivity contribution in [2.75, 3.05) is 33.1 Å². The molecule has 6 heteroatoms. The van der Waals surface area contributed by atoms with Crippen molar-refractivity contribution in [2.45, 2.75) is 13.0 Å². The molecule has 0 aromatic heterocycles. The Hall–Kier alpha value is -2.60. The number of rotatable bonds is 8. The molecule has 0 aliphatic carbocycles. The lowest BCUT2D eigenvalue weighted by Crippen LogP contribution is -2.24. The van der Waals surface area contributed by atoms with Crippen LogP contribution in [0.4, 0.5) is 10.1 Å². The van der Waals surface area contributed by atoms with E-state index in [2.05, 4.69) is 5.32 Å². The molecule has 0 radical (unpaired) electrons. The molecule has 2 rings (SSSR count). The van der Waals surface area contributed by atoms with Gasteiger partial charge in [0.15, 0.2) is 11.5 Å². The van der Waals surface area contributed by atoms with Crippen LogP contribution in [0.15, 0.2) is 42.5 Å². The lowest BCUT2D eigenvalue weighted by molar-refractivity contribution is -0.116. The molecule has 0 saturated carbocycles. The minimum atomic E-state index is -0.440. The molecule has 0 fully saturated rings. The number of methoxy groups -OCH3 is 2. The zero-order chi connectivity index (χ0) is 18.2. The molecule has 0 spiro atoms. The van der Waals surface area contributed by atoms with Gasteiger partial charge in [0, 0.05) is 25.1 Å². The van der Waals surface area contributed by atoms with E-state index in [0.717, 1.165) is 5.56 Å². The minimum absolute atomic E-state index is 0.199. The summed E-state index contributed by atoms with van der Waals surface area (Å²) < 4.78 is 24.2. The van der Waals surface area contributed by atoms with E-state index in [4.69, 9.17) is 9.47 Å². The Morgan fingerprint density at radius 3 is 2.56 bits per heavy atom. The fourth-order valence-electron chi connectivity index (χ4n) is 2.52. The first-order valence-electron chi connectivity index (χ1n) is 7.98. The molecule has 1 amide bonds. The van der Waals surface area contributed by atoms with Crippen molar-refractivity contribution in [3.63, 3.8) is 0 Å². The fraction of sp³-hybridized carbons (Fsp3) is 0.316. The number of benzene rings is 2. The van der Waals surface area contributed by atoms with Gasteiger partial charge in [-0.3, -0.25) is 4.79 Å². The van der Waals surface area contributed by atoms with Gasteiger partial charge in [0.1, 0.15) is 5.82 Å². The van der Waals surface area contributed by atoms with Crippen LogP contribution in [-0.4, -0.2) is 38.6 Å². The number of ether oxygens (including phenoxy) is 2. The topological polar surface area (TPSA) is 50.8 Å². The summed E-state index contributed by atoms with van der Waals surface area (Å²) in [5.41, 5.74) is 1.17. The second-order valence-electron chi connectivity index (χ2n) is 5.67. The maximum absolute atomic E-state index is 13.5. The van der Waals surface area contributed by atoms with E-state index in [-0.39, 0.29) is 18.0 Å². The number of nitrogens with zero attached hydrogens (tertiary/aromatic N) is 1. The Kier molecular flexibility index (Phi) is 6.77. The first kappa shape index (κ1) is 18.7. The smallest absolute Gasteiger partial charge is 0.225 e. The van der Waals surface area contributed by atoms with Crippen LogP contribution in [-0.2, 0) is 11.3 Å². The molecule has 134 valence electrons. The number of carbonyl (C=O) groups excluding carboxylic acids is 1. The van der Waals surface area contributed by atoms with Crippen LogP contribution in [0, 0.1) is 5.82 Å². The third kappa shape index (κ3) is 5.19. The van der Waals surface area contributed by atoms with Gasteiger partial charge in [0.25, 0.3) is 0 Å². The summed E-state index contributed by atoms with van der Waals surface area (Å²) in [4.78, 5) is 14.0. The summed E-state index contributed by atoms with van der Waals surface area (Å²) in [6, 6.07) is 11.8. The number of hydrogen-bond donors (Lipinski definition) is 1. The Morgan fingerprint density at radius 1 is 1.12 bits per heavy atom. The van der Waals surface area contributed by atoms with Gasteiger partial charge in [-0.15, -0.1) is 0 Å². The Bertz CT molecular complexity index is 722. The van der Waals surface area contributed by atoms with E-state index in [1.807, 2.05) is 30.1 Å². The van der Waals surface area contributed by atoms with Crippen LogP contribution in [0.1, 0.15) is 12.0 Å². The van der Waals surface area contributed by atoms with E-state index in [0.29, 0.717) is 24.6 Å². The number of hydrogen-bond acceptors (Lipinski definition) is 4. The van der Waals surface area contributed by atoms with Gasteiger partial charge in [-0.25, -0.2) is 4.39 Å². The van der Waals surface area contributed by atoms with Crippen molar-refractivity contribution in [1.82, 2.24) is 4.90 Å². The average Bonchev–Trinajstić information content (AvgIpc) is 2.61. The standard InChI is InChI=1S/C19H23FN2O3/c1-22(13-14-7-6-10-17(24-2)19(14)25-3)12-11-18(23)21-16-9-5-4-8-15(16)20/h4-10H,11-13H2,1-3H3,(H,21,23). The molecule has 0 heterocycles. The number of anilines is 1. The summed E-state index contributed by atoms with van der Waals surface area (Å²) in [7, 11) is 5.11. The van der Waals surface area contributed by atoms with Crippen LogP contribution in [0.25, 0.3) is 0 Å². The van der Waals surface area contributed by atoms with Crippen molar-refractivity contribution < 1.29 is 18.7 Å². The molecule has 0 bridgehead atoms. The average molecular weight is 346 g/mol. The van der Waals surface area contributed by atoms with Crippen LogP contribution >= 0.6 is 0 Å². The normalized spacial score (nSPS) is 10.6. The Morgan fingerprint density at radius 2 is 1.88 bits per heavy atom. The SMILES string of the molecule is COc1cccc(CN(C)CCC(=O)Nc2ccccc2F)c1OC. The first-order valence-corrected chi connectivity index (χ1v) is 7.98. The van der Waals surface area contributed by atoms with Crippen LogP contribution in [0.2, 0.25) is 0 Å². The maximum atomic E-state index is 13.5. The van der Waals surface area contributed by atoms with E-state index >= 15 is 0 Å². The number of amides is 1. The maximum Gasteiger partial charge on any atom is 0.225 e. The molecule has 0 aliphatic rings. The van der Waals surface area contributed by atoms with Crippen molar-refractivity contribution in [2.24, 2.45) is 0 Å². The molecule has 0 aliphatic heterocycles. The summed E-state index contributed by atoms with van der Waals surface area (Å²) in [6.45, 7) is 1.13. The summed E-state index contributed by atoms with van der Waals surface area (Å²) in [6.07, 6.45) is 0.261. The van der Waals surface area contributed by atoms with Crippen LogP contribution in [0.3, 0.4) is 0 Å². The molecule has 25 heavy (non-hydrogen) atoms. The predicted octanol–water partition coefficient (Wildman–Crippen LogP) is 3.30. The van der Waals surface area contributed by atoms with Gasteiger partial charge >= 0.3 is 0 Å². The van der Waals surface area contributed by atoms with Gasteiger partial charge < -0.3 is 19.7 Å². The first-order chi connectivity index (χ1) is 12.0. The highest BCUT2D eigenvalue weighted by atomic mass is 19.1.